The van der Waals surface area contributed by atoms with Gasteiger partial charge in [-0.3, -0.25) is 14.6 Å². The SMILES string of the molecule is C[C@H](CO)N1C[C@H](C)[C@H](CN(C)S(=O)(=O)c2ccccc2)Oc2c(NC(=O)c3ccncc3)cccc2C1=O. The van der Waals surface area contributed by atoms with E-state index in [4.69, 9.17) is 4.74 Å². The van der Waals surface area contributed by atoms with Crippen molar-refractivity contribution in [2.24, 2.45) is 5.92 Å². The van der Waals surface area contributed by atoms with E-state index in [0.717, 1.165) is 0 Å². The van der Waals surface area contributed by atoms with E-state index in [1.807, 2.05) is 6.92 Å². The maximum atomic E-state index is 13.6. The lowest BCUT2D eigenvalue weighted by molar-refractivity contribution is 0.0388. The molecule has 1 aliphatic rings. The van der Waals surface area contributed by atoms with Crippen LogP contribution in [0.2, 0.25) is 0 Å². The molecule has 0 saturated heterocycles. The molecule has 2 amide bonds. The first kappa shape index (κ1) is 28.2. The Kier molecular flexibility index (Phi) is 8.63. The first-order chi connectivity index (χ1) is 18.6. The van der Waals surface area contributed by atoms with E-state index in [1.54, 1.807) is 60.4 Å². The molecule has 0 saturated carbocycles. The fraction of sp³-hybridized carbons (Fsp3) is 0.321. The summed E-state index contributed by atoms with van der Waals surface area (Å²) in [4.78, 5) is 32.2. The van der Waals surface area contributed by atoms with Crippen LogP contribution < -0.4 is 10.1 Å². The number of rotatable bonds is 8. The number of fused-ring (bicyclic) bond motifs is 1. The van der Waals surface area contributed by atoms with Gasteiger partial charge in [-0.05, 0) is 43.3 Å². The van der Waals surface area contributed by atoms with Gasteiger partial charge < -0.3 is 20.1 Å². The number of nitrogens with one attached hydrogen (secondary N) is 1. The molecule has 0 unspecified atom stereocenters. The lowest BCUT2D eigenvalue weighted by Gasteiger charge is -2.38. The summed E-state index contributed by atoms with van der Waals surface area (Å²) in [6.07, 6.45) is 2.31. The average molecular weight is 553 g/mol. The molecule has 1 aromatic heterocycles. The standard InChI is InChI=1S/C28H32N4O6S/c1-19-16-32(20(2)18-33)28(35)23-10-7-11-24(30-27(34)21-12-14-29-15-13-21)26(23)38-25(19)17-31(3)39(36,37)22-8-5-4-6-9-22/h4-15,19-20,25,33H,16-18H2,1-3H3,(H,30,34)/t19-,20+,25-/m0/s1. The monoisotopic (exact) mass is 552 g/mol. The van der Waals surface area contributed by atoms with Gasteiger partial charge in [-0.1, -0.05) is 31.2 Å². The van der Waals surface area contributed by atoms with Gasteiger partial charge in [0.2, 0.25) is 10.0 Å². The van der Waals surface area contributed by atoms with Crippen molar-refractivity contribution in [2.75, 3.05) is 32.1 Å². The highest BCUT2D eigenvalue weighted by molar-refractivity contribution is 7.89. The third-order valence-electron chi connectivity index (χ3n) is 6.77. The minimum absolute atomic E-state index is 0.0139. The predicted octanol–water partition coefficient (Wildman–Crippen LogP) is 2.87. The molecular weight excluding hydrogens is 520 g/mol. The number of para-hydroxylation sites is 1. The van der Waals surface area contributed by atoms with E-state index in [-0.39, 0.29) is 53.4 Å². The zero-order chi connectivity index (χ0) is 28.2. The van der Waals surface area contributed by atoms with E-state index in [1.165, 1.54) is 35.9 Å². The first-order valence-corrected chi connectivity index (χ1v) is 14.0. The van der Waals surface area contributed by atoms with Gasteiger partial charge in [0.1, 0.15) is 6.10 Å². The van der Waals surface area contributed by atoms with Gasteiger partial charge in [0.15, 0.2) is 5.75 Å². The highest BCUT2D eigenvalue weighted by atomic mass is 32.2. The predicted molar refractivity (Wildman–Crippen MR) is 146 cm³/mol. The molecule has 0 aliphatic carbocycles. The molecule has 39 heavy (non-hydrogen) atoms. The van der Waals surface area contributed by atoms with E-state index in [0.29, 0.717) is 5.56 Å². The molecule has 11 heteroatoms. The Morgan fingerprint density at radius 2 is 1.85 bits per heavy atom. The summed E-state index contributed by atoms with van der Waals surface area (Å²) < 4.78 is 34.2. The van der Waals surface area contributed by atoms with Crippen molar-refractivity contribution in [2.45, 2.75) is 30.9 Å². The largest absolute Gasteiger partial charge is 0.486 e. The Hall–Kier alpha value is -3.80. The minimum Gasteiger partial charge on any atom is -0.486 e. The Balaban J connectivity index is 1.73. The Morgan fingerprint density at radius 3 is 2.51 bits per heavy atom. The number of aliphatic hydroxyl groups is 1. The fourth-order valence-corrected chi connectivity index (χ4v) is 5.59. The number of hydrogen-bond acceptors (Lipinski definition) is 7. The minimum atomic E-state index is -3.81. The summed E-state index contributed by atoms with van der Waals surface area (Å²) in [6.45, 7) is 3.57. The highest BCUT2D eigenvalue weighted by Crippen LogP contribution is 2.35. The van der Waals surface area contributed by atoms with Crippen LogP contribution in [0.1, 0.15) is 34.6 Å². The number of benzene rings is 2. The van der Waals surface area contributed by atoms with E-state index < -0.39 is 28.1 Å². The van der Waals surface area contributed by atoms with Crippen LogP contribution in [-0.4, -0.2) is 78.4 Å². The van der Waals surface area contributed by atoms with Crippen LogP contribution in [0.15, 0.2) is 78.0 Å². The molecule has 2 N–H and O–H groups in total. The molecule has 2 heterocycles. The van der Waals surface area contributed by atoms with Crippen LogP contribution >= 0.6 is 0 Å². The topological polar surface area (TPSA) is 129 Å². The lowest BCUT2D eigenvalue weighted by atomic mass is 9.99. The van der Waals surface area contributed by atoms with Gasteiger partial charge in [0.05, 0.1) is 35.3 Å². The third-order valence-corrected chi connectivity index (χ3v) is 8.61. The smallest absolute Gasteiger partial charge is 0.258 e. The number of ether oxygens (including phenoxy) is 1. The molecular formula is C28H32N4O6S. The third kappa shape index (κ3) is 6.11. The Bertz CT molecular complexity index is 1420. The van der Waals surface area contributed by atoms with Crippen LogP contribution in [0.4, 0.5) is 5.69 Å². The van der Waals surface area contributed by atoms with E-state index in [9.17, 15) is 23.1 Å². The number of aliphatic hydroxyl groups excluding tert-OH is 1. The zero-order valence-electron chi connectivity index (χ0n) is 22.0. The lowest BCUT2D eigenvalue weighted by Crippen LogP contribution is -2.50. The molecule has 2 aromatic carbocycles. The second kappa shape index (κ2) is 11.9. The maximum absolute atomic E-state index is 13.6. The van der Waals surface area contributed by atoms with Gasteiger partial charge in [-0.25, -0.2) is 8.42 Å². The second-order valence-electron chi connectivity index (χ2n) is 9.59. The number of anilines is 1. The summed E-state index contributed by atoms with van der Waals surface area (Å²) in [6, 6.07) is 15.6. The molecule has 1 aliphatic heterocycles. The molecule has 0 radical (unpaired) electrons. The van der Waals surface area contributed by atoms with Crippen molar-refractivity contribution in [3.8, 4) is 5.75 Å². The number of amides is 2. The fourth-order valence-electron chi connectivity index (χ4n) is 4.38. The van der Waals surface area contributed by atoms with Gasteiger partial charge >= 0.3 is 0 Å². The van der Waals surface area contributed by atoms with E-state index >= 15 is 0 Å². The second-order valence-corrected chi connectivity index (χ2v) is 11.6. The van der Waals surface area contributed by atoms with Crippen molar-refractivity contribution in [1.82, 2.24) is 14.2 Å². The van der Waals surface area contributed by atoms with Crippen LogP contribution in [0.25, 0.3) is 0 Å². The highest BCUT2D eigenvalue weighted by Gasteiger charge is 2.36. The number of aromatic nitrogens is 1. The quantitative estimate of drug-likeness (QED) is 0.440. The molecule has 3 atom stereocenters. The molecule has 4 rings (SSSR count). The molecule has 10 nitrogen and oxygen atoms in total. The van der Waals surface area contributed by atoms with Crippen LogP contribution in [0, 0.1) is 5.92 Å². The normalized spacial score (nSPS) is 18.5. The number of sulfonamides is 1. The average Bonchev–Trinajstić information content (AvgIpc) is 2.95. The Morgan fingerprint density at radius 1 is 1.15 bits per heavy atom. The zero-order valence-corrected chi connectivity index (χ0v) is 22.8. The van der Waals surface area contributed by atoms with Crippen molar-refractivity contribution in [1.29, 1.82) is 0 Å². The van der Waals surface area contributed by atoms with Crippen molar-refractivity contribution in [3.05, 3.63) is 84.2 Å². The van der Waals surface area contributed by atoms with Crippen molar-refractivity contribution >= 4 is 27.5 Å². The number of pyridine rings is 1. The molecule has 0 spiro atoms. The first-order valence-electron chi connectivity index (χ1n) is 12.6. The van der Waals surface area contributed by atoms with Crippen molar-refractivity contribution in [3.63, 3.8) is 0 Å². The molecule has 206 valence electrons. The summed E-state index contributed by atoms with van der Waals surface area (Å²) in [7, 11) is -2.33. The van der Waals surface area contributed by atoms with Gasteiger partial charge in [-0.2, -0.15) is 4.31 Å². The Labute approximate surface area is 228 Å². The van der Waals surface area contributed by atoms with Crippen LogP contribution in [0.5, 0.6) is 5.75 Å². The maximum Gasteiger partial charge on any atom is 0.258 e. The number of hydrogen-bond donors (Lipinski definition) is 2. The van der Waals surface area contributed by atoms with Crippen LogP contribution in [-0.2, 0) is 10.0 Å². The van der Waals surface area contributed by atoms with Gasteiger partial charge in [0, 0.05) is 37.5 Å². The summed E-state index contributed by atoms with van der Waals surface area (Å²) in [5, 5.41) is 12.7. The molecule has 3 aromatic rings. The molecule has 0 fully saturated rings. The number of likely N-dealkylation sites (N-methyl/N-ethyl adjacent to an activating group) is 1. The van der Waals surface area contributed by atoms with E-state index in [2.05, 4.69) is 10.3 Å². The molecule has 0 bridgehead atoms. The summed E-state index contributed by atoms with van der Waals surface area (Å²) in [5.41, 5.74) is 0.842. The van der Waals surface area contributed by atoms with Gasteiger partial charge in [0.25, 0.3) is 11.8 Å². The summed E-state index contributed by atoms with van der Waals surface area (Å²) >= 11 is 0. The number of nitrogens with zero attached hydrogens (tertiary/aromatic N) is 3. The van der Waals surface area contributed by atoms with Crippen molar-refractivity contribution < 1.29 is 27.9 Å². The van der Waals surface area contributed by atoms with Crippen LogP contribution in [0.3, 0.4) is 0 Å². The summed E-state index contributed by atoms with van der Waals surface area (Å²) in [5.74, 6) is -0.962. The number of carbonyl (C=O) groups excluding carboxylic acids is 2. The van der Waals surface area contributed by atoms with Gasteiger partial charge in [-0.15, -0.1) is 0 Å². The number of carbonyl (C=O) groups is 2.